The second-order valence-corrected chi connectivity index (χ2v) is 10.5. The minimum Gasteiger partial charge on any atom is -0.465 e. The molecule has 0 unspecified atom stereocenters. The Morgan fingerprint density at radius 3 is 2.63 bits per heavy atom. The Bertz CT molecular complexity index is 927. The fourth-order valence-corrected chi connectivity index (χ4v) is 5.37. The molecule has 0 spiro atoms. The summed E-state index contributed by atoms with van der Waals surface area (Å²) in [5.74, 6) is -1.00. The van der Waals surface area contributed by atoms with Crippen molar-refractivity contribution in [2.24, 2.45) is 17.3 Å². The number of halogens is 1. The van der Waals surface area contributed by atoms with Gasteiger partial charge in [0.15, 0.2) is 0 Å². The number of hydrogen-bond donors (Lipinski definition) is 1. The number of fused-ring (bicyclic) bond motifs is 1. The maximum atomic E-state index is 13.9. The van der Waals surface area contributed by atoms with Crippen LogP contribution >= 0.6 is 11.6 Å². The summed E-state index contributed by atoms with van der Waals surface area (Å²) >= 11 is 6.03. The number of hydrogen-bond acceptors (Lipinski definition) is 4. The third-order valence-electron chi connectivity index (χ3n) is 7.13. The lowest BCUT2D eigenvalue weighted by Gasteiger charge is -2.34. The summed E-state index contributed by atoms with van der Waals surface area (Å²) in [6.45, 7) is 7.23. The standard InChI is InChI=1S/C28H39ClN2O4/c1-4-35-27(34)28-16-8-6-5-7-9-24(28)31(18-15-21-10-12-22(29)13-11-21)26(33)23(28)19-25(32)30-17-14-20(2)3/h9-13,20,23H,4-8,14-19H2,1-3H3,(H,30,32)/b24-9+/t23-,28+/m1/s1. The second-order valence-electron chi connectivity index (χ2n) is 10.0. The number of amides is 2. The number of benzene rings is 1. The van der Waals surface area contributed by atoms with Gasteiger partial charge in [-0.25, -0.2) is 0 Å². The van der Waals surface area contributed by atoms with E-state index >= 15 is 0 Å². The summed E-state index contributed by atoms with van der Waals surface area (Å²) in [5.41, 5.74) is 0.683. The molecule has 0 aromatic heterocycles. The van der Waals surface area contributed by atoms with E-state index in [1.165, 1.54) is 0 Å². The largest absolute Gasteiger partial charge is 0.465 e. The van der Waals surface area contributed by atoms with E-state index in [0.29, 0.717) is 36.9 Å². The van der Waals surface area contributed by atoms with Gasteiger partial charge in [-0.2, -0.15) is 0 Å². The predicted octanol–water partition coefficient (Wildman–Crippen LogP) is 5.29. The van der Waals surface area contributed by atoms with Gasteiger partial charge in [-0.3, -0.25) is 14.4 Å². The number of rotatable bonds is 10. The molecule has 7 heteroatoms. The van der Waals surface area contributed by atoms with Gasteiger partial charge in [0.25, 0.3) is 0 Å². The topological polar surface area (TPSA) is 75.7 Å². The van der Waals surface area contributed by atoms with Crippen LogP contribution in [0.2, 0.25) is 5.02 Å². The number of allylic oxidation sites excluding steroid dienone is 1. The van der Waals surface area contributed by atoms with Gasteiger partial charge in [0.1, 0.15) is 5.41 Å². The van der Waals surface area contributed by atoms with E-state index in [9.17, 15) is 14.4 Å². The molecule has 0 radical (unpaired) electrons. The molecule has 2 amide bonds. The first-order valence-corrected chi connectivity index (χ1v) is 13.4. The Balaban J connectivity index is 1.92. The highest BCUT2D eigenvalue weighted by Crippen LogP contribution is 2.52. The first kappa shape index (κ1) is 27.3. The quantitative estimate of drug-likeness (QED) is 0.441. The summed E-state index contributed by atoms with van der Waals surface area (Å²) < 4.78 is 5.57. The van der Waals surface area contributed by atoms with Gasteiger partial charge in [0.05, 0.1) is 12.5 Å². The van der Waals surface area contributed by atoms with Gasteiger partial charge < -0.3 is 15.0 Å². The Morgan fingerprint density at radius 2 is 1.94 bits per heavy atom. The van der Waals surface area contributed by atoms with Gasteiger partial charge in [-0.05, 0) is 62.6 Å². The highest BCUT2D eigenvalue weighted by Gasteiger charge is 2.61. The molecule has 1 aromatic carbocycles. The van der Waals surface area contributed by atoms with Gasteiger partial charge in [0, 0.05) is 30.2 Å². The van der Waals surface area contributed by atoms with E-state index in [1.54, 1.807) is 11.8 Å². The maximum absolute atomic E-state index is 13.9. The number of carbonyl (C=O) groups is 3. The van der Waals surface area contributed by atoms with Crippen molar-refractivity contribution in [3.8, 4) is 0 Å². The SMILES string of the molecule is CCOC(=O)[C@]12CCCCC/C=C\1N(CCc1ccc(Cl)cc1)C(=O)[C@H]2CC(=O)NCCC(C)C. The second kappa shape index (κ2) is 12.6. The number of likely N-dealkylation sites (tertiary alicyclic amines) is 1. The minimum atomic E-state index is -1.11. The Labute approximate surface area is 214 Å². The molecule has 0 saturated carbocycles. The van der Waals surface area contributed by atoms with Crippen molar-refractivity contribution >= 4 is 29.4 Å². The first-order valence-electron chi connectivity index (χ1n) is 13.0. The zero-order valence-corrected chi connectivity index (χ0v) is 22.0. The smallest absolute Gasteiger partial charge is 0.318 e. The molecule has 192 valence electrons. The van der Waals surface area contributed by atoms with Crippen LogP contribution in [0.5, 0.6) is 0 Å². The monoisotopic (exact) mass is 502 g/mol. The molecular weight excluding hydrogens is 464 g/mol. The number of esters is 1. The summed E-state index contributed by atoms with van der Waals surface area (Å²) in [4.78, 5) is 42.1. The highest BCUT2D eigenvalue weighted by atomic mass is 35.5. The van der Waals surface area contributed by atoms with Crippen molar-refractivity contribution in [1.82, 2.24) is 10.2 Å². The number of ether oxygens (including phenoxy) is 1. The normalized spacial score (nSPS) is 23.8. The number of nitrogens with one attached hydrogen (secondary N) is 1. The predicted molar refractivity (Wildman–Crippen MR) is 138 cm³/mol. The molecule has 35 heavy (non-hydrogen) atoms. The molecule has 1 fully saturated rings. The lowest BCUT2D eigenvalue weighted by molar-refractivity contribution is -0.158. The van der Waals surface area contributed by atoms with E-state index in [2.05, 4.69) is 19.2 Å². The summed E-state index contributed by atoms with van der Waals surface area (Å²) in [6.07, 6.45) is 7.67. The molecule has 2 aliphatic rings. The van der Waals surface area contributed by atoms with Crippen molar-refractivity contribution in [3.63, 3.8) is 0 Å². The average Bonchev–Trinajstić information content (AvgIpc) is 3.00. The van der Waals surface area contributed by atoms with Crippen molar-refractivity contribution in [2.45, 2.75) is 72.1 Å². The molecule has 1 N–H and O–H groups in total. The van der Waals surface area contributed by atoms with Crippen LogP contribution in [0, 0.1) is 17.3 Å². The maximum Gasteiger partial charge on any atom is 0.318 e. The zero-order chi connectivity index (χ0) is 25.4. The number of carbonyl (C=O) groups excluding carboxylic acids is 3. The van der Waals surface area contributed by atoms with Gasteiger partial charge in [0.2, 0.25) is 11.8 Å². The Hall–Kier alpha value is -2.34. The van der Waals surface area contributed by atoms with E-state index in [4.69, 9.17) is 16.3 Å². The van der Waals surface area contributed by atoms with Gasteiger partial charge >= 0.3 is 5.97 Å². The van der Waals surface area contributed by atoms with E-state index in [0.717, 1.165) is 43.4 Å². The van der Waals surface area contributed by atoms with Gasteiger partial charge in [-0.15, -0.1) is 0 Å². The van der Waals surface area contributed by atoms with E-state index < -0.39 is 11.3 Å². The van der Waals surface area contributed by atoms with Gasteiger partial charge in [-0.1, -0.05) is 56.5 Å². The first-order chi connectivity index (χ1) is 16.8. The third kappa shape index (κ3) is 6.46. The van der Waals surface area contributed by atoms with Crippen LogP contribution in [0.25, 0.3) is 0 Å². The Morgan fingerprint density at radius 1 is 1.20 bits per heavy atom. The van der Waals surface area contributed by atoms with Crippen LogP contribution in [0.1, 0.15) is 71.3 Å². The molecule has 1 saturated heterocycles. The van der Waals surface area contributed by atoms with Crippen LogP contribution < -0.4 is 5.32 Å². The molecule has 2 atom stereocenters. The fraction of sp³-hybridized carbons (Fsp3) is 0.607. The summed E-state index contributed by atoms with van der Waals surface area (Å²) in [6, 6.07) is 7.58. The van der Waals surface area contributed by atoms with Crippen molar-refractivity contribution < 1.29 is 19.1 Å². The van der Waals surface area contributed by atoms with Crippen LogP contribution in [0.3, 0.4) is 0 Å². The van der Waals surface area contributed by atoms with Crippen LogP contribution in [0.15, 0.2) is 36.0 Å². The van der Waals surface area contributed by atoms with Crippen LogP contribution in [-0.4, -0.2) is 42.4 Å². The molecule has 1 aliphatic heterocycles. The Kier molecular flexibility index (Phi) is 9.79. The van der Waals surface area contributed by atoms with Crippen molar-refractivity contribution in [3.05, 3.63) is 46.6 Å². The van der Waals surface area contributed by atoms with Crippen LogP contribution in [0.4, 0.5) is 0 Å². The summed E-state index contributed by atoms with van der Waals surface area (Å²) in [5, 5.41) is 3.62. The minimum absolute atomic E-state index is 0.00940. The summed E-state index contributed by atoms with van der Waals surface area (Å²) in [7, 11) is 0. The molecule has 0 bridgehead atoms. The molecular formula is C28H39ClN2O4. The van der Waals surface area contributed by atoms with Crippen molar-refractivity contribution in [1.29, 1.82) is 0 Å². The number of nitrogens with zero attached hydrogens (tertiary/aromatic N) is 1. The molecule has 3 rings (SSSR count). The van der Waals surface area contributed by atoms with E-state index in [1.807, 2.05) is 30.3 Å². The third-order valence-corrected chi connectivity index (χ3v) is 7.38. The molecule has 1 aliphatic carbocycles. The molecule has 6 nitrogen and oxygen atoms in total. The lowest BCUT2D eigenvalue weighted by Crippen LogP contribution is -2.42. The van der Waals surface area contributed by atoms with Crippen molar-refractivity contribution in [2.75, 3.05) is 19.7 Å². The van der Waals surface area contributed by atoms with E-state index in [-0.39, 0.29) is 30.8 Å². The molecule has 1 aromatic rings. The molecule has 1 heterocycles. The lowest BCUT2D eigenvalue weighted by atomic mass is 9.69. The highest BCUT2D eigenvalue weighted by molar-refractivity contribution is 6.30. The average molecular weight is 503 g/mol. The van der Waals surface area contributed by atoms with Crippen LogP contribution in [-0.2, 0) is 25.5 Å². The zero-order valence-electron chi connectivity index (χ0n) is 21.3. The fourth-order valence-electron chi connectivity index (χ4n) is 5.25.